The first-order chi connectivity index (χ1) is 10.2. The Morgan fingerprint density at radius 2 is 2.05 bits per heavy atom. The molecule has 3 N–H and O–H groups in total. The number of thiophene rings is 1. The summed E-state index contributed by atoms with van der Waals surface area (Å²) in [4.78, 5) is 11.3. The van der Waals surface area contributed by atoms with Gasteiger partial charge in [0.2, 0.25) is 0 Å². The van der Waals surface area contributed by atoms with Crippen molar-refractivity contribution in [2.45, 2.75) is 24.5 Å². The van der Waals surface area contributed by atoms with Gasteiger partial charge < -0.3 is 5.43 Å². The van der Waals surface area contributed by atoms with E-state index in [0.29, 0.717) is 5.82 Å². The highest BCUT2D eigenvalue weighted by Gasteiger charge is 2.08. The van der Waals surface area contributed by atoms with Crippen LogP contribution in [0, 0.1) is 13.8 Å². The van der Waals surface area contributed by atoms with E-state index < -0.39 is 0 Å². The van der Waals surface area contributed by atoms with E-state index in [1.165, 1.54) is 16.0 Å². The molecule has 6 heteroatoms. The van der Waals surface area contributed by atoms with Crippen molar-refractivity contribution in [3.8, 4) is 0 Å². The summed E-state index contributed by atoms with van der Waals surface area (Å²) in [5, 5.41) is 2.97. The quantitative estimate of drug-likeness (QED) is 0.434. The highest BCUT2D eigenvalue weighted by Crippen LogP contribution is 2.28. The molecule has 108 valence electrons. The molecule has 1 aromatic carbocycles. The predicted octanol–water partition coefficient (Wildman–Crippen LogP) is 3.89. The number of fused-ring (bicyclic) bond motifs is 1. The Kier molecular flexibility index (Phi) is 4.10. The molecular weight excluding hydrogens is 300 g/mol. The van der Waals surface area contributed by atoms with Gasteiger partial charge in [0.15, 0.2) is 5.82 Å². The van der Waals surface area contributed by atoms with Crippen molar-refractivity contribution < 1.29 is 0 Å². The molecule has 3 aromatic rings. The van der Waals surface area contributed by atoms with Crippen LogP contribution in [0.3, 0.4) is 0 Å². The number of aromatic nitrogens is 2. The topological polar surface area (TPSA) is 63.8 Å². The molecule has 4 nitrogen and oxygen atoms in total. The van der Waals surface area contributed by atoms with E-state index in [-0.39, 0.29) is 0 Å². The number of aryl methyl sites for hydroxylation is 2. The predicted molar refractivity (Wildman–Crippen MR) is 90.7 cm³/mol. The molecule has 2 aromatic heterocycles. The number of nitrogens with zero attached hydrogens (tertiary/aromatic N) is 2. The van der Waals surface area contributed by atoms with Gasteiger partial charge in [-0.05, 0) is 48.6 Å². The summed E-state index contributed by atoms with van der Waals surface area (Å²) in [6, 6.07) is 8.47. The van der Waals surface area contributed by atoms with Gasteiger partial charge in [-0.3, -0.25) is 0 Å². The lowest BCUT2D eigenvalue weighted by Gasteiger charge is -2.06. The van der Waals surface area contributed by atoms with E-state index in [1.54, 1.807) is 23.1 Å². The number of thioether (sulfide) groups is 1. The largest absolute Gasteiger partial charge is 0.308 e. The van der Waals surface area contributed by atoms with E-state index in [1.807, 2.05) is 11.4 Å². The maximum absolute atomic E-state index is 5.55. The van der Waals surface area contributed by atoms with Crippen LogP contribution in [-0.4, -0.2) is 9.97 Å². The fourth-order valence-corrected chi connectivity index (χ4v) is 3.66. The van der Waals surface area contributed by atoms with Crippen molar-refractivity contribution >= 4 is 39.1 Å². The highest BCUT2D eigenvalue weighted by molar-refractivity contribution is 7.98. The third-order valence-electron chi connectivity index (χ3n) is 3.35. The summed E-state index contributed by atoms with van der Waals surface area (Å²) < 4.78 is 0. The average molecular weight is 316 g/mol. The summed E-state index contributed by atoms with van der Waals surface area (Å²) in [6.45, 7) is 4.25. The zero-order valence-corrected chi connectivity index (χ0v) is 13.5. The molecule has 0 fully saturated rings. The Hall–Kier alpha value is -1.63. The molecule has 2 heterocycles. The van der Waals surface area contributed by atoms with E-state index in [9.17, 15) is 0 Å². The first kappa shape index (κ1) is 14.3. The number of nitrogens with two attached hydrogens (primary N) is 1. The Morgan fingerprint density at radius 1 is 1.19 bits per heavy atom. The fraction of sp³-hybridized carbons (Fsp3) is 0.200. The van der Waals surface area contributed by atoms with Crippen LogP contribution in [0.25, 0.3) is 10.2 Å². The minimum absolute atomic E-state index is 0.692. The van der Waals surface area contributed by atoms with Crippen LogP contribution in [0.2, 0.25) is 0 Å². The molecule has 0 unspecified atom stereocenters. The lowest BCUT2D eigenvalue weighted by Crippen LogP contribution is -2.10. The first-order valence-electron chi connectivity index (χ1n) is 6.58. The molecule has 0 aliphatic carbocycles. The van der Waals surface area contributed by atoms with Crippen molar-refractivity contribution in [1.29, 1.82) is 0 Å². The zero-order chi connectivity index (χ0) is 14.8. The van der Waals surface area contributed by atoms with Crippen molar-refractivity contribution in [1.82, 2.24) is 9.97 Å². The Balaban J connectivity index is 1.82. The normalized spacial score (nSPS) is 11.0. The van der Waals surface area contributed by atoms with Crippen LogP contribution in [-0.2, 0) is 5.75 Å². The second-order valence-corrected chi connectivity index (χ2v) is 6.75. The lowest BCUT2D eigenvalue weighted by molar-refractivity contribution is 1.06. The van der Waals surface area contributed by atoms with Gasteiger partial charge in [0.1, 0.15) is 10.7 Å². The standard InChI is InChI=1S/C15H16N4S2/c1-9-3-4-11(7-10(9)2)21-8-13-17-14(19-16)12-5-6-20-15(12)18-13/h3-7H,8,16H2,1-2H3,(H,17,18,19). The molecule has 0 amide bonds. The number of nitrogens with one attached hydrogen (secondary N) is 1. The summed E-state index contributed by atoms with van der Waals surface area (Å²) in [6.07, 6.45) is 0. The average Bonchev–Trinajstić information content (AvgIpc) is 2.96. The van der Waals surface area contributed by atoms with Crippen LogP contribution in [0.1, 0.15) is 17.0 Å². The van der Waals surface area contributed by atoms with E-state index in [2.05, 4.69) is 47.4 Å². The van der Waals surface area contributed by atoms with Crippen molar-refractivity contribution in [3.05, 3.63) is 46.6 Å². The molecule has 0 spiro atoms. The highest BCUT2D eigenvalue weighted by atomic mass is 32.2. The molecular formula is C15H16N4S2. The van der Waals surface area contributed by atoms with Gasteiger partial charge in [-0.25, -0.2) is 15.8 Å². The summed E-state index contributed by atoms with van der Waals surface area (Å²) in [7, 11) is 0. The maximum Gasteiger partial charge on any atom is 0.152 e. The number of hydrogen-bond donors (Lipinski definition) is 2. The van der Waals surface area contributed by atoms with Gasteiger partial charge >= 0.3 is 0 Å². The first-order valence-corrected chi connectivity index (χ1v) is 8.44. The molecule has 3 rings (SSSR count). The Labute approximate surface area is 131 Å². The van der Waals surface area contributed by atoms with Crippen LogP contribution in [0.15, 0.2) is 34.5 Å². The van der Waals surface area contributed by atoms with Gasteiger partial charge in [-0.15, -0.1) is 23.1 Å². The third-order valence-corrected chi connectivity index (χ3v) is 5.15. The molecule has 0 saturated heterocycles. The number of rotatable bonds is 4. The Morgan fingerprint density at radius 3 is 2.81 bits per heavy atom. The summed E-state index contributed by atoms with van der Waals surface area (Å²) in [5.74, 6) is 7.76. The molecule has 0 aliphatic rings. The fourth-order valence-electron chi connectivity index (χ4n) is 2.03. The van der Waals surface area contributed by atoms with Crippen LogP contribution in [0.5, 0.6) is 0 Å². The van der Waals surface area contributed by atoms with Crippen LogP contribution in [0.4, 0.5) is 5.82 Å². The van der Waals surface area contributed by atoms with E-state index >= 15 is 0 Å². The molecule has 0 bridgehead atoms. The Bertz CT molecular complexity index is 782. The second-order valence-electron chi connectivity index (χ2n) is 4.81. The van der Waals surface area contributed by atoms with Gasteiger partial charge in [-0.2, -0.15) is 0 Å². The van der Waals surface area contributed by atoms with Crippen LogP contribution >= 0.6 is 23.1 Å². The number of anilines is 1. The number of nitrogen functional groups attached to an aromatic ring is 1. The van der Waals surface area contributed by atoms with Gasteiger partial charge in [0.25, 0.3) is 0 Å². The minimum atomic E-state index is 0.692. The SMILES string of the molecule is Cc1ccc(SCc2nc(NN)c3ccsc3n2)cc1C. The number of hydrogen-bond acceptors (Lipinski definition) is 6. The molecule has 0 atom stereocenters. The third kappa shape index (κ3) is 3.02. The maximum atomic E-state index is 5.55. The number of benzene rings is 1. The molecule has 0 aliphatic heterocycles. The molecule has 0 saturated carbocycles. The van der Waals surface area contributed by atoms with E-state index in [0.717, 1.165) is 21.8 Å². The monoisotopic (exact) mass is 316 g/mol. The molecule has 21 heavy (non-hydrogen) atoms. The van der Waals surface area contributed by atoms with Gasteiger partial charge in [0, 0.05) is 4.90 Å². The molecule has 0 radical (unpaired) electrons. The smallest absolute Gasteiger partial charge is 0.152 e. The lowest BCUT2D eigenvalue weighted by atomic mass is 10.1. The second kappa shape index (κ2) is 6.01. The minimum Gasteiger partial charge on any atom is -0.308 e. The van der Waals surface area contributed by atoms with E-state index in [4.69, 9.17) is 5.84 Å². The van der Waals surface area contributed by atoms with Crippen molar-refractivity contribution in [2.24, 2.45) is 5.84 Å². The summed E-state index contributed by atoms with van der Waals surface area (Å²) >= 11 is 3.34. The number of hydrazine groups is 1. The van der Waals surface area contributed by atoms with Crippen LogP contribution < -0.4 is 11.3 Å². The summed E-state index contributed by atoms with van der Waals surface area (Å²) in [5.41, 5.74) is 5.27. The van der Waals surface area contributed by atoms with Crippen molar-refractivity contribution in [3.63, 3.8) is 0 Å². The van der Waals surface area contributed by atoms with Crippen molar-refractivity contribution in [2.75, 3.05) is 5.43 Å². The van der Waals surface area contributed by atoms with Gasteiger partial charge in [0.05, 0.1) is 11.1 Å². The van der Waals surface area contributed by atoms with Gasteiger partial charge in [-0.1, -0.05) is 6.07 Å². The zero-order valence-electron chi connectivity index (χ0n) is 11.9.